The minimum absolute atomic E-state index is 0.210. The Morgan fingerprint density at radius 3 is 2.93 bits per heavy atom. The smallest absolute Gasteiger partial charge is 0.165 e. The number of ether oxygens (including phenoxy) is 1. The van der Waals surface area contributed by atoms with Crippen LogP contribution in [0, 0.1) is 5.82 Å². The fourth-order valence-corrected chi connectivity index (χ4v) is 1.50. The van der Waals surface area contributed by atoms with Crippen molar-refractivity contribution < 1.29 is 13.9 Å². The van der Waals surface area contributed by atoms with E-state index in [1.807, 2.05) is 6.26 Å². The van der Waals surface area contributed by atoms with Crippen LogP contribution in [0.3, 0.4) is 0 Å². The van der Waals surface area contributed by atoms with Crippen molar-refractivity contribution in [2.24, 2.45) is 0 Å². The Morgan fingerprint density at radius 1 is 1.53 bits per heavy atom. The van der Waals surface area contributed by atoms with Gasteiger partial charge in [0.25, 0.3) is 0 Å². The first-order chi connectivity index (χ1) is 7.27. The predicted octanol–water partition coefficient (Wildman–Crippen LogP) is 2.77. The quantitative estimate of drug-likeness (QED) is 0.553. The molecule has 15 heavy (non-hydrogen) atoms. The van der Waals surface area contributed by atoms with E-state index in [0.717, 1.165) is 12.2 Å². The lowest BCUT2D eigenvalue weighted by molar-refractivity contribution is 0.112. The highest BCUT2D eigenvalue weighted by atomic mass is 32.2. The van der Waals surface area contributed by atoms with Crippen molar-refractivity contribution in [3.05, 3.63) is 29.6 Å². The van der Waals surface area contributed by atoms with E-state index < -0.39 is 5.82 Å². The molecule has 0 amide bonds. The summed E-state index contributed by atoms with van der Waals surface area (Å²) in [7, 11) is 0. The molecule has 82 valence electrons. The van der Waals surface area contributed by atoms with Crippen molar-refractivity contribution in [3.63, 3.8) is 0 Å². The molecule has 1 rings (SSSR count). The molecule has 0 aliphatic heterocycles. The maximum atomic E-state index is 13.3. The van der Waals surface area contributed by atoms with Gasteiger partial charge in [0.05, 0.1) is 6.61 Å². The van der Waals surface area contributed by atoms with E-state index in [2.05, 4.69) is 0 Å². The van der Waals surface area contributed by atoms with Crippen LogP contribution in [0.25, 0.3) is 0 Å². The normalized spacial score (nSPS) is 10.0. The van der Waals surface area contributed by atoms with E-state index in [0.29, 0.717) is 18.5 Å². The van der Waals surface area contributed by atoms with Crippen LogP contribution >= 0.6 is 11.8 Å². The minimum Gasteiger partial charge on any atom is -0.490 e. The molecule has 0 unspecified atom stereocenters. The predicted molar refractivity (Wildman–Crippen MR) is 60.3 cm³/mol. The Balaban J connectivity index is 2.50. The first kappa shape index (κ1) is 12.0. The fraction of sp³-hybridized carbons (Fsp3) is 0.364. The van der Waals surface area contributed by atoms with Gasteiger partial charge in [-0.25, -0.2) is 4.39 Å². The molecule has 0 saturated heterocycles. The van der Waals surface area contributed by atoms with Crippen LogP contribution in [0.4, 0.5) is 4.39 Å². The Morgan fingerprint density at radius 2 is 2.33 bits per heavy atom. The first-order valence-electron chi connectivity index (χ1n) is 4.64. The second-order valence-electron chi connectivity index (χ2n) is 3.00. The van der Waals surface area contributed by atoms with Gasteiger partial charge in [0.2, 0.25) is 0 Å². The molecule has 0 radical (unpaired) electrons. The molecule has 0 saturated carbocycles. The maximum Gasteiger partial charge on any atom is 0.165 e. The van der Waals surface area contributed by atoms with E-state index in [9.17, 15) is 9.18 Å². The van der Waals surface area contributed by atoms with Crippen LogP contribution in [-0.2, 0) is 0 Å². The zero-order chi connectivity index (χ0) is 11.1. The molecule has 4 heteroatoms. The van der Waals surface area contributed by atoms with Crippen molar-refractivity contribution in [1.82, 2.24) is 0 Å². The van der Waals surface area contributed by atoms with Gasteiger partial charge in [0.1, 0.15) is 6.29 Å². The second kappa shape index (κ2) is 6.45. The molecular formula is C11H13FO2S. The third kappa shape index (κ3) is 3.91. The van der Waals surface area contributed by atoms with Crippen molar-refractivity contribution in [2.45, 2.75) is 6.42 Å². The van der Waals surface area contributed by atoms with Crippen LogP contribution in [0.1, 0.15) is 16.8 Å². The van der Waals surface area contributed by atoms with Gasteiger partial charge in [-0.15, -0.1) is 0 Å². The van der Waals surface area contributed by atoms with Crippen LogP contribution < -0.4 is 4.74 Å². The summed E-state index contributed by atoms with van der Waals surface area (Å²) in [5.74, 6) is 0.721. The molecule has 0 aliphatic rings. The third-order valence-electron chi connectivity index (χ3n) is 1.84. The van der Waals surface area contributed by atoms with Crippen LogP contribution in [0.5, 0.6) is 5.75 Å². The fourth-order valence-electron chi connectivity index (χ4n) is 1.09. The summed E-state index contributed by atoms with van der Waals surface area (Å²) in [6.07, 6.45) is 3.51. The molecule has 2 nitrogen and oxygen atoms in total. The summed E-state index contributed by atoms with van der Waals surface area (Å²) in [4.78, 5) is 10.4. The monoisotopic (exact) mass is 228 g/mol. The molecule has 0 N–H and O–H groups in total. The molecule has 1 aromatic rings. The molecular weight excluding hydrogens is 215 g/mol. The number of rotatable bonds is 6. The Bertz CT molecular complexity index is 328. The summed E-state index contributed by atoms with van der Waals surface area (Å²) < 4.78 is 18.5. The number of benzene rings is 1. The number of carbonyl (C=O) groups is 1. The SMILES string of the molecule is CSCCCOc1ccc(C=O)cc1F. The highest BCUT2D eigenvalue weighted by Crippen LogP contribution is 2.17. The van der Waals surface area contributed by atoms with E-state index in [-0.39, 0.29) is 5.75 Å². The number of thioether (sulfide) groups is 1. The summed E-state index contributed by atoms with van der Waals surface area (Å²) in [6.45, 7) is 0.498. The Hall–Kier alpha value is -1.03. The zero-order valence-electron chi connectivity index (χ0n) is 8.53. The first-order valence-corrected chi connectivity index (χ1v) is 6.03. The van der Waals surface area contributed by atoms with E-state index in [4.69, 9.17) is 4.74 Å². The van der Waals surface area contributed by atoms with Crippen molar-refractivity contribution in [1.29, 1.82) is 0 Å². The maximum absolute atomic E-state index is 13.3. The van der Waals surface area contributed by atoms with Crippen LogP contribution in [0.15, 0.2) is 18.2 Å². The van der Waals surface area contributed by atoms with Crippen LogP contribution in [-0.4, -0.2) is 24.9 Å². The van der Waals surface area contributed by atoms with Gasteiger partial charge in [0.15, 0.2) is 11.6 Å². The lowest BCUT2D eigenvalue weighted by Crippen LogP contribution is -2.00. The van der Waals surface area contributed by atoms with Gasteiger partial charge in [-0.05, 0) is 36.6 Å². The van der Waals surface area contributed by atoms with Gasteiger partial charge in [0, 0.05) is 5.56 Å². The number of hydrogen-bond donors (Lipinski definition) is 0. The molecule has 0 bridgehead atoms. The third-order valence-corrected chi connectivity index (χ3v) is 2.54. The molecule has 0 atom stereocenters. The summed E-state index contributed by atoms with van der Waals surface area (Å²) in [6, 6.07) is 4.20. The largest absolute Gasteiger partial charge is 0.490 e. The molecule has 0 aromatic heterocycles. The lowest BCUT2D eigenvalue weighted by atomic mass is 10.2. The van der Waals surface area contributed by atoms with Crippen LogP contribution in [0.2, 0.25) is 0 Å². The summed E-state index contributed by atoms with van der Waals surface area (Å²) in [5.41, 5.74) is 0.323. The van der Waals surface area contributed by atoms with Gasteiger partial charge < -0.3 is 4.74 Å². The number of hydrogen-bond acceptors (Lipinski definition) is 3. The molecule has 0 heterocycles. The highest BCUT2D eigenvalue weighted by molar-refractivity contribution is 7.98. The molecule has 0 spiro atoms. The average molecular weight is 228 g/mol. The number of halogens is 1. The summed E-state index contributed by atoms with van der Waals surface area (Å²) in [5, 5.41) is 0. The molecule has 1 aromatic carbocycles. The topological polar surface area (TPSA) is 26.3 Å². The Kier molecular flexibility index (Phi) is 5.18. The molecule has 0 fully saturated rings. The van der Waals surface area contributed by atoms with Crippen molar-refractivity contribution in [2.75, 3.05) is 18.6 Å². The van der Waals surface area contributed by atoms with E-state index in [1.54, 1.807) is 17.8 Å². The molecule has 0 aliphatic carbocycles. The standard InChI is InChI=1S/C11H13FO2S/c1-15-6-2-5-14-11-4-3-9(8-13)7-10(11)12/h3-4,7-8H,2,5-6H2,1H3. The average Bonchev–Trinajstić information content (AvgIpc) is 2.26. The van der Waals surface area contributed by atoms with E-state index >= 15 is 0 Å². The van der Waals surface area contributed by atoms with E-state index in [1.165, 1.54) is 12.1 Å². The summed E-state index contributed by atoms with van der Waals surface area (Å²) >= 11 is 1.73. The van der Waals surface area contributed by atoms with Gasteiger partial charge >= 0.3 is 0 Å². The van der Waals surface area contributed by atoms with Crippen molar-refractivity contribution in [3.8, 4) is 5.75 Å². The van der Waals surface area contributed by atoms with Gasteiger partial charge in [-0.2, -0.15) is 11.8 Å². The minimum atomic E-state index is -0.483. The van der Waals surface area contributed by atoms with Gasteiger partial charge in [-0.3, -0.25) is 4.79 Å². The lowest BCUT2D eigenvalue weighted by Gasteiger charge is -2.06. The highest BCUT2D eigenvalue weighted by Gasteiger charge is 2.03. The Labute approximate surface area is 92.8 Å². The second-order valence-corrected chi connectivity index (χ2v) is 3.99. The number of carbonyl (C=O) groups excluding carboxylic acids is 1. The van der Waals surface area contributed by atoms with Gasteiger partial charge in [-0.1, -0.05) is 0 Å². The number of aldehydes is 1. The zero-order valence-corrected chi connectivity index (χ0v) is 9.35. The van der Waals surface area contributed by atoms with Crippen molar-refractivity contribution >= 4 is 18.0 Å².